The maximum absolute atomic E-state index is 12.9. The van der Waals surface area contributed by atoms with Crippen LogP contribution in [0.15, 0.2) is 60.8 Å². The van der Waals surface area contributed by atoms with Gasteiger partial charge in [-0.25, -0.2) is 14.7 Å². The molecule has 2 N–H and O–H groups in total. The lowest BCUT2D eigenvalue weighted by Gasteiger charge is -2.23. The molecule has 0 spiro atoms. The molecule has 0 saturated carbocycles. The summed E-state index contributed by atoms with van der Waals surface area (Å²) in [7, 11) is 1.80. The quantitative estimate of drug-likeness (QED) is 0.247. The summed E-state index contributed by atoms with van der Waals surface area (Å²) in [5.74, 6) is 0.383. The zero-order valence-corrected chi connectivity index (χ0v) is 25.8. The lowest BCUT2D eigenvalue weighted by molar-refractivity contribution is -0.130. The van der Waals surface area contributed by atoms with Crippen molar-refractivity contribution >= 4 is 41.0 Å². The predicted molar refractivity (Wildman–Crippen MR) is 169 cm³/mol. The van der Waals surface area contributed by atoms with Crippen molar-refractivity contribution in [2.75, 3.05) is 56.5 Å². The Hall–Kier alpha value is -4.51. The van der Waals surface area contributed by atoms with E-state index >= 15 is 0 Å². The van der Waals surface area contributed by atoms with E-state index < -0.39 is 6.09 Å². The van der Waals surface area contributed by atoms with E-state index in [-0.39, 0.29) is 23.6 Å². The van der Waals surface area contributed by atoms with Crippen LogP contribution in [0.1, 0.15) is 50.0 Å². The summed E-state index contributed by atoms with van der Waals surface area (Å²) in [5.41, 5.74) is 2.49. The number of aryl methyl sites for hydroxylation is 1. The minimum absolute atomic E-state index is 0.0614. The largest absolute Gasteiger partial charge is 0.464 e. The number of hydrogen-bond acceptors (Lipinski definition) is 7. The fourth-order valence-corrected chi connectivity index (χ4v) is 4.69. The molecule has 0 fully saturated rings. The molecule has 0 saturated heterocycles. The monoisotopic (exact) mass is 589 g/mol. The lowest BCUT2D eigenvalue weighted by Crippen LogP contribution is -2.36. The van der Waals surface area contributed by atoms with Crippen LogP contribution in [0.3, 0.4) is 0 Å². The Bertz CT molecular complexity index is 1360. The number of anilines is 4. The van der Waals surface area contributed by atoms with Crippen molar-refractivity contribution in [1.29, 1.82) is 0 Å². The number of carbonyl (C=O) groups excluding carboxylic acids is 2. The van der Waals surface area contributed by atoms with Gasteiger partial charge in [0.1, 0.15) is 5.82 Å². The molecule has 11 nitrogen and oxygen atoms in total. The van der Waals surface area contributed by atoms with Gasteiger partial charge in [-0.15, -0.1) is 0 Å². The number of carbonyl (C=O) groups is 3. The molecule has 0 bridgehead atoms. The Labute approximate surface area is 254 Å². The number of nitrogens with zero attached hydrogens (tertiary/aromatic N) is 6. The molecule has 1 heterocycles. The smallest absolute Gasteiger partial charge is 0.417 e. The molecule has 3 aromatic rings. The van der Waals surface area contributed by atoms with Gasteiger partial charge in [0.25, 0.3) is 5.91 Å². The first kappa shape index (κ1) is 33.0. The molecule has 0 atom stereocenters. The molecule has 3 rings (SSSR count). The molecule has 1 aromatic heterocycles. The highest BCUT2D eigenvalue weighted by molar-refractivity contribution is 5.95. The standard InChI is InChI=1S/C32H43N7O4/c1-6-37(7-2)22-21-36(5)30(41)25-14-16-26(17-15-25)34-31-33-20-19-28(35-31)39(32(42)43)27-12-10-11-24(23-27)13-18-29(40)38(8-3)9-4/h10-12,14-17,19-20,23H,6-9,13,18,21-22H2,1-5H3,(H,42,43)(H,33,34,35). The van der Waals surface area contributed by atoms with E-state index in [1.807, 2.05) is 19.9 Å². The fraction of sp³-hybridized carbons (Fsp3) is 0.406. The number of nitrogens with one attached hydrogen (secondary N) is 1. The van der Waals surface area contributed by atoms with Crippen molar-refractivity contribution < 1.29 is 19.5 Å². The number of amides is 3. The molecule has 43 heavy (non-hydrogen) atoms. The van der Waals surface area contributed by atoms with Gasteiger partial charge in [0.05, 0.1) is 5.69 Å². The number of likely N-dealkylation sites (N-methyl/N-ethyl adjacent to an activating group) is 2. The highest BCUT2D eigenvalue weighted by atomic mass is 16.4. The van der Waals surface area contributed by atoms with Gasteiger partial charge >= 0.3 is 6.09 Å². The minimum atomic E-state index is -1.20. The van der Waals surface area contributed by atoms with Crippen molar-refractivity contribution in [2.45, 2.75) is 40.5 Å². The van der Waals surface area contributed by atoms with Crippen LogP contribution in [0.4, 0.5) is 27.9 Å². The molecule has 11 heteroatoms. The second-order valence-corrected chi connectivity index (χ2v) is 10.0. The van der Waals surface area contributed by atoms with Crippen LogP contribution in [-0.2, 0) is 11.2 Å². The first-order chi connectivity index (χ1) is 20.7. The highest BCUT2D eigenvalue weighted by Crippen LogP contribution is 2.26. The Morgan fingerprint density at radius 3 is 2.21 bits per heavy atom. The molecule has 2 aromatic carbocycles. The van der Waals surface area contributed by atoms with E-state index in [0.29, 0.717) is 49.4 Å². The number of hydrogen-bond donors (Lipinski definition) is 2. The Morgan fingerprint density at radius 1 is 0.884 bits per heavy atom. The summed E-state index contributed by atoms with van der Waals surface area (Å²) in [6.45, 7) is 12.8. The first-order valence-electron chi connectivity index (χ1n) is 14.8. The normalized spacial score (nSPS) is 10.8. The summed E-state index contributed by atoms with van der Waals surface area (Å²) in [4.78, 5) is 53.2. The lowest BCUT2D eigenvalue weighted by atomic mass is 10.1. The van der Waals surface area contributed by atoms with Crippen molar-refractivity contribution in [3.05, 3.63) is 71.9 Å². The molecule has 0 aliphatic carbocycles. The summed E-state index contributed by atoms with van der Waals surface area (Å²) in [6, 6.07) is 15.6. The molecule has 0 unspecified atom stereocenters. The third-order valence-corrected chi connectivity index (χ3v) is 7.35. The summed E-state index contributed by atoms with van der Waals surface area (Å²) in [6.07, 6.45) is 1.12. The van der Waals surface area contributed by atoms with Crippen LogP contribution in [-0.4, -0.2) is 94.0 Å². The van der Waals surface area contributed by atoms with Gasteiger partial charge < -0.3 is 25.1 Å². The molecule has 3 amide bonds. The Balaban J connectivity index is 1.70. The summed E-state index contributed by atoms with van der Waals surface area (Å²) in [5, 5.41) is 13.2. The average molecular weight is 590 g/mol. The van der Waals surface area contributed by atoms with E-state index in [1.54, 1.807) is 59.3 Å². The number of aromatic nitrogens is 2. The van der Waals surface area contributed by atoms with Crippen molar-refractivity contribution in [2.24, 2.45) is 0 Å². The third-order valence-electron chi connectivity index (χ3n) is 7.35. The van der Waals surface area contributed by atoms with Gasteiger partial charge in [0.15, 0.2) is 0 Å². The summed E-state index contributed by atoms with van der Waals surface area (Å²) < 4.78 is 0. The van der Waals surface area contributed by atoms with E-state index in [9.17, 15) is 19.5 Å². The zero-order valence-electron chi connectivity index (χ0n) is 25.8. The second-order valence-electron chi connectivity index (χ2n) is 10.0. The highest BCUT2D eigenvalue weighted by Gasteiger charge is 2.20. The molecular formula is C32H43N7O4. The zero-order chi connectivity index (χ0) is 31.4. The van der Waals surface area contributed by atoms with Gasteiger partial charge in [-0.05, 0) is 75.3 Å². The molecular weight excluding hydrogens is 546 g/mol. The average Bonchev–Trinajstić information content (AvgIpc) is 3.01. The minimum Gasteiger partial charge on any atom is -0.464 e. The fourth-order valence-electron chi connectivity index (χ4n) is 4.69. The van der Waals surface area contributed by atoms with Gasteiger partial charge in [-0.2, -0.15) is 4.98 Å². The molecule has 0 radical (unpaired) electrons. The number of rotatable bonds is 15. The van der Waals surface area contributed by atoms with E-state index in [1.165, 1.54) is 12.3 Å². The Morgan fingerprint density at radius 2 is 1.58 bits per heavy atom. The molecule has 0 aliphatic rings. The van der Waals surface area contributed by atoms with Gasteiger partial charge in [-0.1, -0.05) is 26.0 Å². The number of benzene rings is 2. The van der Waals surface area contributed by atoms with Gasteiger partial charge in [-0.3, -0.25) is 9.59 Å². The van der Waals surface area contributed by atoms with E-state index in [4.69, 9.17) is 0 Å². The van der Waals surface area contributed by atoms with E-state index in [0.717, 1.165) is 30.1 Å². The molecule has 230 valence electrons. The van der Waals surface area contributed by atoms with Crippen LogP contribution in [0.5, 0.6) is 0 Å². The molecule has 0 aliphatic heterocycles. The predicted octanol–water partition coefficient (Wildman–Crippen LogP) is 5.25. The van der Waals surface area contributed by atoms with Crippen molar-refractivity contribution in [3.63, 3.8) is 0 Å². The maximum Gasteiger partial charge on any atom is 0.417 e. The van der Waals surface area contributed by atoms with Crippen LogP contribution in [0.25, 0.3) is 0 Å². The maximum atomic E-state index is 12.9. The third kappa shape index (κ3) is 9.24. The van der Waals surface area contributed by atoms with Crippen molar-refractivity contribution in [3.8, 4) is 0 Å². The van der Waals surface area contributed by atoms with E-state index in [2.05, 4.69) is 34.0 Å². The van der Waals surface area contributed by atoms with Crippen LogP contribution in [0.2, 0.25) is 0 Å². The topological polar surface area (TPSA) is 122 Å². The second kappa shape index (κ2) is 16.2. The van der Waals surface area contributed by atoms with Gasteiger partial charge in [0, 0.05) is 63.2 Å². The SMILES string of the molecule is CCN(CC)CCN(C)C(=O)c1ccc(Nc2nccc(N(C(=O)O)c3cccc(CCC(=O)N(CC)CC)c3)n2)cc1. The van der Waals surface area contributed by atoms with Crippen LogP contribution < -0.4 is 10.2 Å². The number of carboxylic acid groups (broad SMARTS) is 1. The first-order valence-corrected chi connectivity index (χ1v) is 14.8. The van der Waals surface area contributed by atoms with Crippen LogP contribution in [0, 0.1) is 0 Å². The van der Waals surface area contributed by atoms with Gasteiger partial charge in [0.2, 0.25) is 11.9 Å². The van der Waals surface area contributed by atoms with Crippen molar-refractivity contribution in [1.82, 2.24) is 24.7 Å². The Kier molecular flexibility index (Phi) is 12.4. The van der Waals surface area contributed by atoms with Crippen LogP contribution >= 0.6 is 0 Å². The summed E-state index contributed by atoms with van der Waals surface area (Å²) >= 11 is 0.